The summed E-state index contributed by atoms with van der Waals surface area (Å²) in [5.41, 5.74) is 8.79. The molecular weight excluding hydrogens is 326 g/mol. The van der Waals surface area contributed by atoms with Crippen molar-refractivity contribution in [1.29, 1.82) is 0 Å². The molecule has 1 aliphatic rings. The molecule has 0 spiro atoms. The fourth-order valence-corrected chi connectivity index (χ4v) is 3.86. The van der Waals surface area contributed by atoms with Crippen LogP contribution in [0.25, 0.3) is 11.1 Å². The van der Waals surface area contributed by atoms with Crippen LogP contribution >= 0.6 is 0 Å². The summed E-state index contributed by atoms with van der Waals surface area (Å²) in [6.45, 7) is 4.82. The van der Waals surface area contributed by atoms with Gasteiger partial charge in [0.2, 0.25) is 5.91 Å². The van der Waals surface area contributed by atoms with Crippen LogP contribution in [0.15, 0.2) is 22.6 Å². The minimum atomic E-state index is 0.0381. The van der Waals surface area contributed by atoms with E-state index in [0.29, 0.717) is 37.1 Å². The second kappa shape index (κ2) is 8.67. The van der Waals surface area contributed by atoms with Gasteiger partial charge >= 0.3 is 0 Å². The van der Waals surface area contributed by atoms with E-state index in [9.17, 15) is 4.79 Å². The second-order valence-electron chi connectivity index (χ2n) is 7.80. The monoisotopic (exact) mass is 357 g/mol. The molecule has 0 radical (unpaired) electrons. The van der Waals surface area contributed by atoms with Crippen molar-refractivity contribution >= 4 is 17.0 Å². The van der Waals surface area contributed by atoms with Crippen LogP contribution in [0, 0.1) is 5.92 Å². The first-order valence-corrected chi connectivity index (χ1v) is 9.95. The quantitative estimate of drug-likeness (QED) is 0.787. The van der Waals surface area contributed by atoms with Gasteiger partial charge in [-0.15, -0.1) is 0 Å². The third-order valence-corrected chi connectivity index (χ3v) is 5.51. The maximum Gasteiger partial charge on any atom is 0.220 e. The van der Waals surface area contributed by atoms with E-state index in [2.05, 4.69) is 30.2 Å². The number of oxazole rings is 1. The Bertz CT molecular complexity index is 732. The first-order valence-electron chi connectivity index (χ1n) is 9.95. The van der Waals surface area contributed by atoms with Gasteiger partial charge in [-0.3, -0.25) is 4.79 Å². The van der Waals surface area contributed by atoms with Gasteiger partial charge in [0.1, 0.15) is 5.52 Å². The summed E-state index contributed by atoms with van der Waals surface area (Å²) in [4.78, 5) is 16.9. The minimum Gasteiger partial charge on any atom is -0.441 e. The van der Waals surface area contributed by atoms with Gasteiger partial charge in [-0.1, -0.05) is 39.2 Å². The van der Waals surface area contributed by atoms with E-state index in [1.165, 1.54) is 37.7 Å². The molecule has 1 aromatic carbocycles. The molecule has 1 fully saturated rings. The van der Waals surface area contributed by atoms with Gasteiger partial charge in [-0.05, 0) is 42.4 Å². The lowest BCUT2D eigenvalue weighted by Crippen LogP contribution is -2.46. The van der Waals surface area contributed by atoms with E-state index < -0.39 is 0 Å². The van der Waals surface area contributed by atoms with Crippen LogP contribution in [0.5, 0.6) is 0 Å². The summed E-state index contributed by atoms with van der Waals surface area (Å²) < 4.78 is 5.84. The molecule has 1 saturated carbocycles. The van der Waals surface area contributed by atoms with Crippen molar-refractivity contribution in [2.45, 2.75) is 70.8 Å². The zero-order valence-corrected chi connectivity index (χ0v) is 16.0. The van der Waals surface area contributed by atoms with Crippen molar-refractivity contribution in [2.24, 2.45) is 11.7 Å². The van der Waals surface area contributed by atoms with Crippen LogP contribution in [0.4, 0.5) is 0 Å². The summed E-state index contributed by atoms with van der Waals surface area (Å²) in [7, 11) is 0. The van der Waals surface area contributed by atoms with E-state index in [0.717, 1.165) is 11.1 Å². The summed E-state index contributed by atoms with van der Waals surface area (Å²) in [6, 6.07) is 6.22. The number of hydrogen-bond acceptors (Lipinski definition) is 4. The Kier molecular flexibility index (Phi) is 6.30. The van der Waals surface area contributed by atoms with Crippen LogP contribution in [-0.2, 0) is 11.2 Å². The fraction of sp³-hybridized carbons (Fsp3) is 0.619. The van der Waals surface area contributed by atoms with E-state index in [1.807, 2.05) is 12.1 Å². The number of amides is 1. The van der Waals surface area contributed by atoms with Gasteiger partial charge in [0, 0.05) is 25.4 Å². The Labute approximate surface area is 155 Å². The van der Waals surface area contributed by atoms with Gasteiger partial charge < -0.3 is 15.5 Å². The predicted molar refractivity (Wildman–Crippen MR) is 104 cm³/mol. The van der Waals surface area contributed by atoms with Crippen LogP contribution < -0.4 is 11.1 Å². The first kappa shape index (κ1) is 18.9. The van der Waals surface area contributed by atoms with Crippen LogP contribution in [0.2, 0.25) is 0 Å². The predicted octanol–water partition coefficient (Wildman–Crippen LogP) is 3.91. The summed E-state index contributed by atoms with van der Waals surface area (Å²) in [5.74, 6) is 1.64. The van der Waals surface area contributed by atoms with Gasteiger partial charge in [-0.25, -0.2) is 4.98 Å². The molecule has 1 aliphatic carbocycles. The van der Waals surface area contributed by atoms with Crippen LogP contribution in [-0.4, -0.2) is 23.5 Å². The summed E-state index contributed by atoms with van der Waals surface area (Å²) in [6.07, 6.45) is 7.04. The Hall–Kier alpha value is -1.88. The highest BCUT2D eigenvalue weighted by atomic mass is 16.3. The SMILES string of the molecule is CC(C)c1ccc2nc(CCC(=O)NC(CN)C3CCCCC3)oc2c1. The Morgan fingerprint density at radius 3 is 2.77 bits per heavy atom. The van der Waals surface area contributed by atoms with E-state index in [1.54, 1.807) is 0 Å². The smallest absolute Gasteiger partial charge is 0.220 e. The first-order chi connectivity index (χ1) is 12.6. The maximum absolute atomic E-state index is 12.4. The number of nitrogens with one attached hydrogen (secondary N) is 1. The molecule has 0 bridgehead atoms. The Balaban J connectivity index is 1.55. The zero-order valence-electron chi connectivity index (χ0n) is 16.0. The number of carbonyl (C=O) groups excluding carboxylic acids is 1. The molecule has 142 valence electrons. The number of hydrogen-bond donors (Lipinski definition) is 2. The lowest BCUT2D eigenvalue weighted by molar-refractivity contribution is -0.122. The molecule has 1 unspecified atom stereocenters. The molecule has 5 heteroatoms. The summed E-state index contributed by atoms with van der Waals surface area (Å²) >= 11 is 0. The van der Waals surface area contributed by atoms with Crippen molar-refractivity contribution in [1.82, 2.24) is 10.3 Å². The third-order valence-electron chi connectivity index (χ3n) is 5.51. The highest BCUT2D eigenvalue weighted by Crippen LogP contribution is 2.26. The molecule has 3 N–H and O–H groups in total. The van der Waals surface area contributed by atoms with Crippen LogP contribution in [0.1, 0.15) is 69.7 Å². The van der Waals surface area contributed by atoms with Crippen molar-refractivity contribution in [2.75, 3.05) is 6.54 Å². The van der Waals surface area contributed by atoms with Gasteiger partial charge in [-0.2, -0.15) is 0 Å². The minimum absolute atomic E-state index is 0.0381. The zero-order chi connectivity index (χ0) is 18.5. The lowest BCUT2D eigenvalue weighted by Gasteiger charge is -2.30. The second-order valence-corrected chi connectivity index (χ2v) is 7.80. The average Bonchev–Trinajstić information content (AvgIpc) is 3.07. The number of benzene rings is 1. The van der Waals surface area contributed by atoms with Gasteiger partial charge in [0.25, 0.3) is 0 Å². The van der Waals surface area contributed by atoms with Crippen molar-refractivity contribution in [3.05, 3.63) is 29.7 Å². The molecule has 1 heterocycles. The highest BCUT2D eigenvalue weighted by Gasteiger charge is 2.24. The number of fused-ring (bicyclic) bond motifs is 1. The Morgan fingerprint density at radius 2 is 2.08 bits per heavy atom. The van der Waals surface area contributed by atoms with E-state index >= 15 is 0 Å². The molecular formula is C21H31N3O2. The molecule has 1 atom stereocenters. The topological polar surface area (TPSA) is 81.2 Å². The lowest BCUT2D eigenvalue weighted by atomic mass is 9.84. The average molecular weight is 357 g/mol. The molecule has 1 aromatic heterocycles. The number of aromatic nitrogens is 1. The number of nitrogens with two attached hydrogens (primary N) is 1. The number of aryl methyl sites for hydroxylation is 1. The maximum atomic E-state index is 12.4. The summed E-state index contributed by atoms with van der Waals surface area (Å²) in [5, 5.41) is 3.13. The van der Waals surface area contributed by atoms with E-state index in [4.69, 9.17) is 10.2 Å². The fourth-order valence-electron chi connectivity index (χ4n) is 3.86. The number of nitrogens with zero attached hydrogens (tertiary/aromatic N) is 1. The molecule has 3 rings (SSSR count). The molecule has 1 amide bonds. The molecule has 2 aromatic rings. The Morgan fingerprint density at radius 1 is 1.31 bits per heavy atom. The van der Waals surface area contributed by atoms with Crippen LogP contribution in [0.3, 0.4) is 0 Å². The highest BCUT2D eigenvalue weighted by molar-refractivity contribution is 5.77. The van der Waals surface area contributed by atoms with Crippen molar-refractivity contribution < 1.29 is 9.21 Å². The van der Waals surface area contributed by atoms with E-state index in [-0.39, 0.29) is 11.9 Å². The number of carbonyl (C=O) groups is 1. The largest absolute Gasteiger partial charge is 0.441 e. The number of rotatable bonds is 7. The standard InChI is InChI=1S/C21H31N3O2/c1-14(2)16-8-9-17-19(12-16)26-21(24-17)11-10-20(25)23-18(13-22)15-6-4-3-5-7-15/h8-9,12,14-15,18H,3-7,10-11,13,22H2,1-2H3,(H,23,25). The third kappa shape index (κ3) is 4.64. The molecule has 5 nitrogen and oxygen atoms in total. The van der Waals surface area contributed by atoms with Crippen molar-refractivity contribution in [3.63, 3.8) is 0 Å². The van der Waals surface area contributed by atoms with Gasteiger partial charge in [0.05, 0.1) is 0 Å². The normalized spacial score (nSPS) is 16.9. The van der Waals surface area contributed by atoms with Crippen molar-refractivity contribution in [3.8, 4) is 0 Å². The van der Waals surface area contributed by atoms with Gasteiger partial charge in [0.15, 0.2) is 11.5 Å². The molecule has 0 saturated heterocycles. The molecule has 0 aliphatic heterocycles. The molecule has 26 heavy (non-hydrogen) atoms.